The summed E-state index contributed by atoms with van der Waals surface area (Å²) in [7, 11) is 0. The number of nitrogens with zero attached hydrogens (tertiary/aromatic N) is 1. The summed E-state index contributed by atoms with van der Waals surface area (Å²) in [5.41, 5.74) is 5.16. The highest BCUT2D eigenvalue weighted by atomic mass is 16.2. The summed E-state index contributed by atoms with van der Waals surface area (Å²) in [6, 6.07) is 21.6. The van der Waals surface area contributed by atoms with Crippen molar-refractivity contribution in [2.75, 3.05) is 0 Å². The molecule has 3 rings (SSSR count). The molecule has 0 aromatic heterocycles. The van der Waals surface area contributed by atoms with Crippen LogP contribution in [0.1, 0.15) is 21.5 Å². The van der Waals surface area contributed by atoms with Crippen LogP contribution in [0.25, 0.3) is 10.8 Å². The lowest BCUT2D eigenvalue weighted by Crippen LogP contribution is -2.17. The topological polar surface area (TPSA) is 41.5 Å². The van der Waals surface area contributed by atoms with Crippen LogP contribution >= 0.6 is 0 Å². The zero-order valence-corrected chi connectivity index (χ0v) is 12.3. The Morgan fingerprint density at radius 3 is 2.59 bits per heavy atom. The molecule has 0 saturated heterocycles. The largest absolute Gasteiger partial charge is 0.271 e. The van der Waals surface area contributed by atoms with Crippen LogP contribution in [0.2, 0.25) is 0 Å². The summed E-state index contributed by atoms with van der Waals surface area (Å²) in [4.78, 5) is 12.0. The maximum atomic E-state index is 12.0. The van der Waals surface area contributed by atoms with Crippen LogP contribution in [-0.2, 0) is 0 Å². The SMILES string of the molecule is Cc1cccc(C(=O)NN=Cc2ccc3ccccc3c2)c1. The number of rotatable bonds is 3. The van der Waals surface area contributed by atoms with Crippen molar-refractivity contribution in [1.82, 2.24) is 5.43 Å². The van der Waals surface area contributed by atoms with Gasteiger partial charge in [-0.2, -0.15) is 5.10 Å². The monoisotopic (exact) mass is 288 g/mol. The molecule has 3 aromatic carbocycles. The Labute approximate surface area is 129 Å². The van der Waals surface area contributed by atoms with E-state index in [4.69, 9.17) is 0 Å². The van der Waals surface area contributed by atoms with Gasteiger partial charge in [0.25, 0.3) is 5.91 Å². The van der Waals surface area contributed by atoms with Gasteiger partial charge < -0.3 is 0 Å². The highest BCUT2D eigenvalue weighted by Gasteiger charge is 2.03. The first kappa shape index (κ1) is 14.0. The minimum Gasteiger partial charge on any atom is -0.267 e. The van der Waals surface area contributed by atoms with Gasteiger partial charge in [0.2, 0.25) is 0 Å². The van der Waals surface area contributed by atoms with Crippen molar-refractivity contribution >= 4 is 22.9 Å². The van der Waals surface area contributed by atoms with E-state index in [9.17, 15) is 4.79 Å². The lowest BCUT2D eigenvalue weighted by molar-refractivity contribution is 0.0955. The number of hydrazone groups is 1. The van der Waals surface area contributed by atoms with E-state index in [0.717, 1.165) is 16.5 Å². The van der Waals surface area contributed by atoms with Gasteiger partial charge in [0.1, 0.15) is 0 Å². The van der Waals surface area contributed by atoms with Gasteiger partial charge in [0.05, 0.1) is 6.21 Å². The number of carbonyl (C=O) groups excluding carboxylic acids is 1. The fraction of sp³-hybridized carbons (Fsp3) is 0.0526. The van der Waals surface area contributed by atoms with E-state index in [1.165, 1.54) is 5.39 Å². The number of hydrogen-bond donors (Lipinski definition) is 1. The van der Waals surface area contributed by atoms with E-state index in [-0.39, 0.29) is 5.91 Å². The number of aryl methyl sites for hydroxylation is 1. The van der Waals surface area contributed by atoms with Crippen molar-refractivity contribution in [2.45, 2.75) is 6.92 Å². The van der Waals surface area contributed by atoms with E-state index in [0.29, 0.717) is 5.56 Å². The Morgan fingerprint density at radius 2 is 1.77 bits per heavy atom. The van der Waals surface area contributed by atoms with Gasteiger partial charge in [-0.3, -0.25) is 4.79 Å². The molecule has 0 aliphatic rings. The van der Waals surface area contributed by atoms with Crippen molar-refractivity contribution in [3.63, 3.8) is 0 Å². The van der Waals surface area contributed by atoms with Crippen molar-refractivity contribution in [3.05, 3.63) is 83.4 Å². The summed E-state index contributed by atoms with van der Waals surface area (Å²) in [6.07, 6.45) is 1.65. The molecular weight excluding hydrogens is 272 g/mol. The minimum atomic E-state index is -0.208. The van der Waals surface area contributed by atoms with Gasteiger partial charge in [-0.1, -0.05) is 54.1 Å². The number of nitrogens with one attached hydrogen (secondary N) is 1. The van der Waals surface area contributed by atoms with Crippen LogP contribution in [0.3, 0.4) is 0 Å². The summed E-state index contributed by atoms with van der Waals surface area (Å²) >= 11 is 0. The molecule has 0 heterocycles. The molecule has 1 amide bonds. The molecule has 0 spiro atoms. The number of hydrogen-bond acceptors (Lipinski definition) is 2. The van der Waals surface area contributed by atoms with Gasteiger partial charge in [0.15, 0.2) is 0 Å². The first-order valence-electron chi connectivity index (χ1n) is 7.11. The van der Waals surface area contributed by atoms with E-state index in [1.54, 1.807) is 12.3 Å². The molecule has 0 bridgehead atoms. The van der Waals surface area contributed by atoms with Gasteiger partial charge in [-0.15, -0.1) is 0 Å². The molecule has 0 aliphatic heterocycles. The van der Waals surface area contributed by atoms with Crippen molar-refractivity contribution < 1.29 is 4.79 Å². The Kier molecular flexibility index (Phi) is 3.97. The van der Waals surface area contributed by atoms with Gasteiger partial charge >= 0.3 is 0 Å². The highest BCUT2D eigenvalue weighted by molar-refractivity contribution is 5.95. The lowest BCUT2D eigenvalue weighted by atomic mass is 10.1. The molecule has 0 aliphatic carbocycles. The molecule has 0 fully saturated rings. The van der Waals surface area contributed by atoms with Gasteiger partial charge in [-0.05, 0) is 41.5 Å². The molecule has 0 radical (unpaired) electrons. The first-order chi connectivity index (χ1) is 10.7. The quantitative estimate of drug-likeness (QED) is 0.576. The zero-order chi connectivity index (χ0) is 15.4. The molecule has 3 heteroatoms. The second-order valence-electron chi connectivity index (χ2n) is 5.18. The molecular formula is C19H16N2O. The average molecular weight is 288 g/mol. The van der Waals surface area contributed by atoms with Crippen LogP contribution in [0, 0.1) is 6.92 Å². The van der Waals surface area contributed by atoms with Crippen LogP contribution < -0.4 is 5.43 Å². The van der Waals surface area contributed by atoms with Crippen molar-refractivity contribution in [1.29, 1.82) is 0 Å². The normalized spacial score (nSPS) is 11.0. The van der Waals surface area contributed by atoms with E-state index in [1.807, 2.05) is 55.5 Å². The average Bonchev–Trinajstić information content (AvgIpc) is 2.54. The number of fused-ring (bicyclic) bond motifs is 1. The van der Waals surface area contributed by atoms with E-state index >= 15 is 0 Å². The number of benzene rings is 3. The second kappa shape index (κ2) is 6.22. The fourth-order valence-corrected chi connectivity index (χ4v) is 2.30. The molecule has 108 valence electrons. The smallest absolute Gasteiger partial charge is 0.267 e. The molecule has 0 saturated carbocycles. The fourth-order valence-electron chi connectivity index (χ4n) is 2.30. The molecule has 0 unspecified atom stereocenters. The van der Waals surface area contributed by atoms with Crippen molar-refractivity contribution in [2.24, 2.45) is 5.10 Å². The van der Waals surface area contributed by atoms with Crippen LogP contribution in [0.4, 0.5) is 0 Å². The third kappa shape index (κ3) is 3.20. The molecule has 22 heavy (non-hydrogen) atoms. The Balaban J connectivity index is 1.72. The van der Waals surface area contributed by atoms with E-state index < -0.39 is 0 Å². The molecule has 3 nitrogen and oxygen atoms in total. The zero-order valence-electron chi connectivity index (χ0n) is 12.3. The van der Waals surface area contributed by atoms with Gasteiger partial charge in [-0.25, -0.2) is 5.43 Å². The van der Waals surface area contributed by atoms with Crippen molar-refractivity contribution in [3.8, 4) is 0 Å². The first-order valence-corrected chi connectivity index (χ1v) is 7.11. The predicted octanol–water partition coefficient (Wildman–Crippen LogP) is 3.91. The third-order valence-corrected chi connectivity index (χ3v) is 3.43. The lowest BCUT2D eigenvalue weighted by Gasteiger charge is -2.01. The molecule has 3 aromatic rings. The second-order valence-corrected chi connectivity index (χ2v) is 5.18. The van der Waals surface area contributed by atoms with E-state index in [2.05, 4.69) is 22.7 Å². The van der Waals surface area contributed by atoms with Crippen LogP contribution in [0.15, 0.2) is 71.8 Å². The summed E-state index contributed by atoms with van der Waals surface area (Å²) < 4.78 is 0. The Hall–Kier alpha value is -2.94. The summed E-state index contributed by atoms with van der Waals surface area (Å²) in [5, 5.41) is 6.36. The number of carbonyl (C=O) groups is 1. The third-order valence-electron chi connectivity index (χ3n) is 3.43. The Morgan fingerprint density at radius 1 is 0.955 bits per heavy atom. The van der Waals surface area contributed by atoms with Crippen LogP contribution in [-0.4, -0.2) is 12.1 Å². The molecule has 0 atom stereocenters. The molecule has 1 N–H and O–H groups in total. The maximum absolute atomic E-state index is 12.0. The van der Waals surface area contributed by atoms with Crippen LogP contribution in [0.5, 0.6) is 0 Å². The standard InChI is InChI=1S/C19H16N2O/c1-14-5-4-8-18(11-14)19(22)21-20-13-15-9-10-16-6-2-3-7-17(16)12-15/h2-13H,1H3,(H,21,22). The predicted molar refractivity (Wildman–Crippen MR) is 90.2 cm³/mol. The summed E-state index contributed by atoms with van der Waals surface area (Å²) in [5.74, 6) is -0.208. The summed E-state index contributed by atoms with van der Waals surface area (Å²) in [6.45, 7) is 1.95. The van der Waals surface area contributed by atoms with Gasteiger partial charge in [0, 0.05) is 5.56 Å². The Bertz CT molecular complexity index is 853. The highest BCUT2D eigenvalue weighted by Crippen LogP contribution is 2.14. The minimum absolute atomic E-state index is 0.208. The maximum Gasteiger partial charge on any atom is 0.271 e. The number of amides is 1.